The minimum absolute atomic E-state index is 0.127. The fourth-order valence-corrected chi connectivity index (χ4v) is 2.35. The van der Waals surface area contributed by atoms with E-state index >= 15 is 0 Å². The zero-order chi connectivity index (χ0) is 10.9. The zero-order valence-electron chi connectivity index (χ0n) is 9.55. The van der Waals surface area contributed by atoms with Gasteiger partial charge in [0.15, 0.2) is 5.78 Å². The first-order valence-corrected chi connectivity index (χ1v) is 5.86. The molecule has 0 saturated heterocycles. The van der Waals surface area contributed by atoms with Gasteiger partial charge in [0, 0.05) is 21.2 Å². The van der Waals surface area contributed by atoms with Gasteiger partial charge in [0.1, 0.15) is 0 Å². The molecule has 1 aromatic rings. The molecule has 0 bridgehead atoms. The highest BCUT2D eigenvalue weighted by molar-refractivity contribution is 7.12. The summed E-state index contributed by atoms with van der Waals surface area (Å²) in [5, 5.41) is 0. The summed E-state index contributed by atoms with van der Waals surface area (Å²) in [7, 11) is 0. The number of hydrogen-bond acceptors (Lipinski definition) is 2. The Kier molecular flexibility index (Phi) is 3.48. The van der Waals surface area contributed by atoms with E-state index in [1.54, 1.807) is 11.3 Å². The minimum Gasteiger partial charge on any atom is -0.294 e. The molecule has 1 rings (SSSR count). The summed E-state index contributed by atoms with van der Waals surface area (Å²) in [5.41, 5.74) is 0.925. The minimum atomic E-state index is 0.127. The molecule has 0 amide bonds. The quantitative estimate of drug-likeness (QED) is 0.693. The number of aryl methyl sites for hydroxylation is 2. The number of thiophene rings is 1. The molecule has 0 aliphatic rings. The van der Waals surface area contributed by atoms with Crippen molar-refractivity contribution in [3.63, 3.8) is 0 Å². The van der Waals surface area contributed by atoms with Crippen LogP contribution in [0.2, 0.25) is 0 Å². The molecule has 0 fully saturated rings. The molecular weight excluding hydrogens is 192 g/mol. The first-order chi connectivity index (χ1) is 6.43. The Labute approximate surface area is 90.2 Å². The van der Waals surface area contributed by atoms with E-state index in [1.807, 2.05) is 19.9 Å². The Balaban J connectivity index is 2.95. The van der Waals surface area contributed by atoms with Crippen molar-refractivity contribution in [3.05, 3.63) is 21.4 Å². The number of ketones is 1. The van der Waals surface area contributed by atoms with Gasteiger partial charge in [-0.15, -0.1) is 11.3 Å². The lowest BCUT2D eigenvalue weighted by molar-refractivity contribution is 0.0899. The van der Waals surface area contributed by atoms with Crippen LogP contribution in [0.1, 0.15) is 40.9 Å². The molecule has 1 atom stereocenters. The largest absolute Gasteiger partial charge is 0.294 e. The fraction of sp³-hybridized carbons (Fsp3) is 0.583. The maximum Gasteiger partial charge on any atom is 0.167 e. The molecule has 0 saturated carbocycles. The van der Waals surface area contributed by atoms with E-state index in [9.17, 15) is 4.79 Å². The van der Waals surface area contributed by atoms with Crippen LogP contribution in [0.3, 0.4) is 0 Å². The first kappa shape index (κ1) is 11.4. The molecule has 0 spiro atoms. The standard InChI is InChI=1S/C12H18OS/c1-7(2)9(4)12(13)11-6-8(3)14-10(11)5/h6-7,9H,1-5H3. The number of Topliss-reactive ketones (excluding diaryl/α,β-unsaturated/α-hetero) is 1. The van der Waals surface area contributed by atoms with E-state index in [-0.39, 0.29) is 5.92 Å². The second kappa shape index (κ2) is 4.26. The molecule has 2 heteroatoms. The highest BCUT2D eigenvalue weighted by Gasteiger charge is 2.20. The fourth-order valence-electron chi connectivity index (χ4n) is 1.42. The highest BCUT2D eigenvalue weighted by Crippen LogP contribution is 2.25. The summed E-state index contributed by atoms with van der Waals surface area (Å²) in [6.45, 7) is 10.3. The Bertz CT molecular complexity index is 336. The second-order valence-corrected chi connectivity index (χ2v) is 5.68. The molecule has 0 aliphatic heterocycles. The Morgan fingerprint density at radius 2 is 1.86 bits per heavy atom. The van der Waals surface area contributed by atoms with Crippen LogP contribution in [-0.4, -0.2) is 5.78 Å². The van der Waals surface area contributed by atoms with Crippen molar-refractivity contribution < 1.29 is 4.79 Å². The summed E-state index contributed by atoms with van der Waals surface area (Å²) in [5.74, 6) is 0.839. The van der Waals surface area contributed by atoms with Gasteiger partial charge in [-0.1, -0.05) is 20.8 Å². The van der Waals surface area contributed by atoms with Gasteiger partial charge in [-0.3, -0.25) is 4.79 Å². The van der Waals surface area contributed by atoms with Crippen LogP contribution in [0.25, 0.3) is 0 Å². The third-order valence-electron chi connectivity index (χ3n) is 2.72. The van der Waals surface area contributed by atoms with Gasteiger partial charge in [0.25, 0.3) is 0 Å². The number of rotatable bonds is 3. The van der Waals surface area contributed by atoms with Crippen LogP contribution in [-0.2, 0) is 0 Å². The molecule has 0 aromatic carbocycles. The average Bonchev–Trinajstić information content (AvgIpc) is 2.42. The average molecular weight is 210 g/mol. The van der Waals surface area contributed by atoms with Gasteiger partial charge >= 0.3 is 0 Å². The van der Waals surface area contributed by atoms with Crippen LogP contribution in [0.15, 0.2) is 6.07 Å². The van der Waals surface area contributed by atoms with E-state index in [4.69, 9.17) is 0 Å². The number of hydrogen-bond donors (Lipinski definition) is 0. The van der Waals surface area contributed by atoms with E-state index in [0.717, 1.165) is 10.4 Å². The molecule has 1 unspecified atom stereocenters. The summed E-state index contributed by atoms with van der Waals surface area (Å²) in [6, 6.07) is 2.02. The predicted molar refractivity (Wildman–Crippen MR) is 62.1 cm³/mol. The maximum atomic E-state index is 12.0. The van der Waals surface area contributed by atoms with Crippen molar-refractivity contribution in [2.24, 2.45) is 11.8 Å². The lowest BCUT2D eigenvalue weighted by Gasteiger charge is -2.13. The van der Waals surface area contributed by atoms with Crippen molar-refractivity contribution >= 4 is 17.1 Å². The van der Waals surface area contributed by atoms with Crippen LogP contribution >= 0.6 is 11.3 Å². The predicted octanol–water partition coefficient (Wildman–Crippen LogP) is 3.84. The number of carbonyl (C=O) groups excluding carboxylic acids is 1. The van der Waals surface area contributed by atoms with E-state index in [1.165, 1.54) is 4.88 Å². The number of carbonyl (C=O) groups is 1. The van der Waals surface area contributed by atoms with Gasteiger partial charge < -0.3 is 0 Å². The normalized spacial score (nSPS) is 13.3. The summed E-state index contributed by atoms with van der Waals surface area (Å²) < 4.78 is 0. The molecule has 1 aromatic heterocycles. The molecule has 1 heterocycles. The third kappa shape index (κ3) is 2.24. The van der Waals surface area contributed by atoms with Crippen LogP contribution in [0.5, 0.6) is 0 Å². The molecule has 14 heavy (non-hydrogen) atoms. The lowest BCUT2D eigenvalue weighted by atomic mass is 9.90. The Hall–Kier alpha value is -0.630. The van der Waals surface area contributed by atoms with Gasteiger partial charge in [0.05, 0.1) is 0 Å². The van der Waals surface area contributed by atoms with Crippen molar-refractivity contribution in [1.29, 1.82) is 0 Å². The van der Waals surface area contributed by atoms with Crippen LogP contribution in [0.4, 0.5) is 0 Å². The Morgan fingerprint density at radius 3 is 2.21 bits per heavy atom. The highest BCUT2D eigenvalue weighted by atomic mass is 32.1. The summed E-state index contributed by atoms with van der Waals surface area (Å²) in [6.07, 6.45) is 0. The molecule has 0 N–H and O–H groups in total. The third-order valence-corrected chi connectivity index (χ3v) is 3.69. The maximum absolute atomic E-state index is 12.0. The van der Waals surface area contributed by atoms with Crippen molar-refractivity contribution in [1.82, 2.24) is 0 Å². The second-order valence-electron chi connectivity index (χ2n) is 4.22. The van der Waals surface area contributed by atoms with Crippen molar-refractivity contribution in [2.45, 2.75) is 34.6 Å². The van der Waals surface area contributed by atoms with Gasteiger partial charge in [-0.25, -0.2) is 0 Å². The van der Waals surface area contributed by atoms with Gasteiger partial charge in [0.2, 0.25) is 0 Å². The van der Waals surface area contributed by atoms with E-state index in [2.05, 4.69) is 20.8 Å². The smallest absolute Gasteiger partial charge is 0.167 e. The summed E-state index contributed by atoms with van der Waals surface area (Å²) in [4.78, 5) is 14.4. The first-order valence-electron chi connectivity index (χ1n) is 5.04. The van der Waals surface area contributed by atoms with Crippen LogP contribution < -0.4 is 0 Å². The van der Waals surface area contributed by atoms with Crippen molar-refractivity contribution in [3.8, 4) is 0 Å². The van der Waals surface area contributed by atoms with Crippen LogP contribution in [0, 0.1) is 25.7 Å². The zero-order valence-corrected chi connectivity index (χ0v) is 10.4. The van der Waals surface area contributed by atoms with Crippen molar-refractivity contribution in [2.75, 3.05) is 0 Å². The molecular formula is C12H18OS. The lowest BCUT2D eigenvalue weighted by Crippen LogP contribution is -2.17. The van der Waals surface area contributed by atoms with Gasteiger partial charge in [-0.2, -0.15) is 0 Å². The topological polar surface area (TPSA) is 17.1 Å². The summed E-state index contributed by atoms with van der Waals surface area (Å²) >= 11 is 1.71. The molecule has 78 valence electrons. The molecule has 0 aliphatic carbocycles. The molecule has 0 radical (unpaired) electrons. The monoisotopic (exact) mass is 210 g/mol. The Morgan fingerprint density at radius 1 is 1.29 bits per heavy atom. The SMILES string of the molecule is Cc1cc(C(=O)C(C)C(C)C)c(C)s1. The van der Waals surface area contributed by atoms with E-state index in [0.29, 0.717) is 11.7 Å². The van der Waals surface area contributed by atoms with Gasteiger partial charge in [-0.05, 0) is 25.8 Å². The molecule has 1 nitrogen and oxygen atoms in total. The van der Waals surface area contributed by atoms with E-state index < -0.39 is 0 Å².